The Morgan fingerprint density at radius 3 is 2.57 bits per heavy atom. The normalized spacial score (nSPS) is 12.6. The van der Waals surface area contributed by atoms with Crippen LogP contribution in [-0.4, -0.2) is 17.2 Å². The summed E-state index contributed by atoms with van der Waals surface area (Å²) in [6.45, 7) is 0. The number of benzene rings is 1. The van der Waals surface area contributed by atoms with Gasteiger partial charge in [0.2, 0.25) is 0 Å². The van der Waals surface area contributed by atoms with Crippen molar-refractivity contribution in [1.82, 2.24) is 15.5 Å². The van der Waals surface area contributed by atoms with Crippen LogP contribution in [0.1, 0.15) is 17.2 Å². The maximum absolute atomic E-state index is 3.95. The molecule has 0 aliphatic carbocycles. The van der Waals surface area contributed by atoms with Gasteiger partial charge in [-0.05, 0) is 12.6 Å². The van der Waals surface area contributed by atoms with E-state index in [1.165, 1.54) is 5.56 Å². The number of hydrogen-bond donors (Lipinski definition) is 2. The van der Waals surface area contributed by atoms with E-state index in [2.05, 4.69) is 27.6 Å². The van der Waals surface area contributed by atoms with E-state index in [1.54, 1.807) is 0 Å². The minimum Gasteiger partial charge on any atom is -0.309 e. The molecule has 1 heterocycles. The van der Waals surface area contributed by atoms with Crippen molar-refractivity contribution in [3.63, 3.8) is 0 Å². The summed E-state index contributed by atoms with van der Waals surface area (Å²) in [5.41, 5.74) is 2.40. The predicted octanol–water partition coefficient (Wildman–Crippen LogP) is 1.72. The van der Waals surface area contributed by atoms with Gasteiger partial charge in [0.05, 0.1) is 12.2 Å². The van der Waals surface area contributed by atoms with Gasteiger partial charge in [-0.15, -0.1) is 0 Å². The van der Waals surface area contributed by atoms with E-state index in [4.69, 9.17) is 0 Å². The van der Waals surface area contributed by atoms with Crippen LogP contribution in [0.3, 0.4) is 0 Å². The van der Waals surface area contributed by atoms with Gasteiger partial charge in [-0.1, -0.05) is 30.3 Å². The van der Waals surface area contributed by atoms with Crippen molar-refractivity contribution in [3.8, 4) is 0 Å². The van der Waals surface area contributed by atoms with E-state index >= 15 is 0 Å². The van der Waals surface area contributed by atoms with Gasteiger partial charge in [0.15, 0.2) is 0 Å². The zero-order valence-corrected chi connectivity index (χ0v) is 8.07. The van der Waals surface area contributed by atoms with Gasteiger partial charge < -0.3 is 5.32 Å². The van der Waals surface area contributed by atoms with Crippen LogP contribution < -0.4 is 5.32 Å². The highest BCUT2D eigenvalue weighted by molar-refractivity contribution is 5.28. The standard InChI is InChI=1S/C11H13N3/c1-12-11(10-7-13-14-8-10)9-5-3-2-4-6-9/h2-8,11-12H,1H3,(H,13,14). The number of H-pyrrole nitrogens is 1. The molecule has 1 atom stereocenters. The molecule has 0 bridgehead atoms. The minimum absolute atomic E-state index is 0.218. The number of nitrogens with one attached hydrogen (secondary N) is 2. The van der Waals surface area contributed by atoms with Crippen molar-refractivity contribution >= 4 is 0 Å². The molecular formula is C11H13N3. The van der Waals surface area contributed by atoms with Crippen LogP contribution in [-0.2, 0) is 0 Å². The first-order chi connectivity index (χ1) is 6.92. The molecule has 1 unspecified atom stereocenters. The summed E-state index contributed by atoms with van der Waals surface area (Å²) < 4.78 is 0. The maximum Gasteiger partial charge on any atom is 0.0605 e. The molecule has 0 amide bonds. The van der Waals surface area contributed by atoms with Gasteiger partial charge >= 0.3 is 0 Å². The highest BCUT2D eigenvalue weighted by Gasteiger charge is 2.11. The van der Waals surface area contributed by atoms with Crippen LogP contribution in [0.2, 0.25) is 0 Å². The molecule has 0 aliphatic rings. The first kappa shape index (κ1) is 8.97. The largest absolute Gasteiger partial charge is 0.309 e. The van der Waals surface area contributed by atoms with Crippen LogP contribution in [0, 0.1) is 0 Å². The smallest absolute Gasteiger partial charge is 0.0605 e. The Hall–Kier alpha value is -1.61. The second-order valence-electron chi connectivity index (χ2n) is 3.16. The number of rotatable bonds is 3. The summed E-state index contributed by atoms with van der Waals surface area (Å²) in [4.78, 5) is 0. The fourth-order valence-corrected chi connectivity index (χ4v) is 1.59. The molecule has 2 N–H and O–H groups in total. The summed E-state index contributed by atoms with van der Waals surface area (Å²) in [5, 5.41) is 10.0. The zero-order chi connectivity index (χ0) is 9.80. The van der Waals surface area contributed by atoms with E-state index in [9.17, 15) is 0 Å². The van der Waals surface area contributed by atoms with Crippen LogP contribution >= 0.6 is 0 Å². The Labute approximate surface area is 83.2 Å². The third kappa shape index (κ3) is 1.67. The first-order valence-electron chi connectivity index (χ1n) is 4.62. The molecule has 0 radical (unpaired) electrons. The van der Waals surface area contributed by atoms with Gasteiger partial charge in [0, 0.05) is 11.8 Å². The van der Waals surface area contributed by atoms with Crippen molar-refractivity contribution in [1.29, 1.82) is 0 Å². The fourth-order valence-electron chi connectivity index (χ4n) is 1.59. The van der Waals surface area contributed by atoms with Crippen LogP contribution in [0.5, 0.6) is 0 Å². The molecular weight excluding hydrogens is 174 g/mol. The third-order valence-electron chi connectivity index (χ3n) is 2.27. The second kappa shape index (κ2) is 4.07. The van der Waals surface area contributed by atoms with Gasteiger partial charge in [0.1, 0.15) is 0 Å². The lowest BCUT2D eigenvalue weighted by Crippen LogP contribution is -2.16. The van der Waals surface area contributed by atoms with Crippen LogP contribution in [0.25, 0.3) is 0 Å². The lowest BCUT2D eigenvalue weighted by molar-refractivity contribution is 0.692. The van der Waals surface area contributed by atoms with Gasteiger partial charge in [-0.25, -0.2) is 0 Å². The Bertz CT molecular complexity index is 367. The Balaban J connectivity index is 2.31. The first-order valence-corrected chi connectivity index (χ1v) is 4.62. The summed E-state index contributed by atoms with van der Waals surface area (Å²) in [7, 11) is 1.95. The molecule has 14 heavy (non-hydrogen) atoms. The number of nitrogens with zero attached hydrogens (tertiary/aromatic N) is 1. The molecule has 0 spiro atoms. The monoisotopic (exact) mass is 187 g/mol. The lowest BCUT2D eigenvalue weighted by atomic mass is 10.0. The molecule has 3 nitrogen and oxygen atoms in total. The Morgan fingerprint density at radius 2 is 2.00 bits per heavy atom. The van der Waals surface area contributed by atoms with E-state index < -0.39 is 0 Å². The Kier molecular flexibility index (Phi) is 2.60. The van der Waals surface area contributed by atoms with Gasteiger partial charge in [-0.2, -0.15) is 5.10 Å². The highest BCUT2D eigenvalue weighted by atomic mass is 15.1. The van der Waals surface area contributed by atoms with Gasteiger partial charge in [-0.3, -0.25) is 5.10 Å². The molecule has 0 fully saturated rings. The summed E-state index contributed by atoms with van der Waals surface area (Å²) in [6.07, 6.45) is 3.75. The summed E-state index contributed by atoms with van der Waals surface area (Å²) >= 11 is 0. The van der Waals surface area contributed by atoms with E-state index in [-0.39, 0.29) is 6.04 Å². The number of aromatic amines is 1. The van der Waals surface area contributed by atoms with E-state index in [0.717, 1.165) is 5.56 Å². The number of aromatic nitrogens is 2. The molecule has 1 aromatic heterocycles. The second-order valence-corrected chi connectivity index (χ2v) is 3.16. The zero-order valence-electron chi connectivity index (χ0n) is 8.07. The molecule has 2 aromatic rings. The van der Waals surface area contributed by atoms with Crippen molar-refractivity contribution < 1.29 is 0 Å². The minimum atomic E-state index is 0.218. The van der Waals surface area contributed by atoms with Crippen molar-refractivity contribution in [2.75, 3.05) is 7.05 Å². The van der Waals surface area contributed by atoms with Crippen molar-refractivity contribution in [2.45, 2.75) is 6.04 Å². The average molecular weight is 187 g/mol. The topological polar surface area (TPSA) is 40.7 Å². The molecule has 2 rings (SSSR count). The third-order valence-corrected chi connectivity index (χ3v) is 2.27. The van der Waals surface area contributed by atoms with Crippen molar-refractivity contribution in [3.05, 3.63) is 53.9 Å². The fraction of sp³-hybridized carbons (Fsp3) is 0.182. The SMILES string of the molecule is CNC(c1ccccc1)c1cn[nH]c1. The predicted molar refractivity (Wildman–Crippen MR) is 55.9 cm³/mol. The number of hydrogen-bond acceptors (Lipinski definition) is 2. The highest BCUT2D eigenvalue weighted by Crippen LogP contribution is 2.19. The van der Waals surface area contributed by atoms with E-state index in [1.807, 2.05) is 37.6 Å². The molecule has 1 aromatic carbocycles. The molecule has 0 saturated heterocycles. The molecule has 3 heteroatoms. The lowest BCUT2D eigenvalue weighted by Gasteiger charge is -2.14. The summed E-state index contributed by atoms with van der Waals surface area (Å²) in [5.74, 6) is 0. The van der Waals surface area contributed by atoms with Crippen LogP contribution in [0.4, 0.5) is 0 Å². The van der Waals surface area contributed by atoms with Crippen LogP contribution in [0.15, 0.2) is 42.7 Å². The van der Waals surface area contributed by atoms with Crippen molar-refractivity contribution in [2.24, 2.45) is 0 Å². The average Bonchev–Trinajstić information content (AvgIpc) is 2.74. The molecule has 0 saturated carbocycles. The Morgan fingerprint density at radius 1 is 1.21 bits per heavy atom. The maximum atomic E-state index is 3.95. The van der Waals surface area contributed by atoms with E-state index in [0.29, 0.717) is 0 Å². The molecule has 72 valence electrons. The van der Waals surface area contributed by atoms with Gasteiger partial charge in [0.25, 0.3) is 0 Å². The summed E-state index contributed by atoms with van der Waals surface area (Å²) in [6, 6.07) is 10.5. The quantitative estimate of drug-likeness (QED) is 0.768. The molecule has 0 aliphatic heterocycles.